The second kappa shape index (κ2) is 17.3. The van der Waals surface area contributed by atoms with Crippen molar-refractivity contribution in [1.82, 2.24) is 15.1 Å². The van der Waals surface area contributed by atoms with Crippen molar-refractivity contribution < 1.29 is 23.8 Å². The van der Waals surface area contributed by atoms with E-state index in [1.807, 2.05) is 15.9 Å². The van der Waals surface area contributed by atoms with E-state index in [9.17, 15) is 9.59 Å². The minimum atomic E-state index is -0.0203. The van der Waals surface area contributed by atoms with E-state index in [2.05, 4.69) is 51.2 Å². The number of hydrogen-bond acceptors (Lipinski definition) is 6. The van der Waals surface area contributed by atoms with Crippen LogP contribution in [-0.2, 0) is 9.53 Å². The van der Waals surface area contributed by atoms with E-state index >= 15 is 0 Å². The van der Waals surface area contributed by atoms with Crippen LogP contribution >= 0.6 is 0 Å². The summed E-state index contributed by atoms with van der Waals surface area (Å²) >= 11 is 0. The highest BCUT2D eigenvalue weighted by Gasteiger charge is 2.35. The highest BCUT2D eigenvalue weighted by molar-refractivity contribution is 5.95. The third kappa shape index (κ3) is 9.33. The van der Waals surface area contributed by atoms with Gasteiger partial charge >= 0.3 is 0 Å². The Hall–Kier alpha value is -2.84. The van der Waals surface area contributed by atoms with Gasteiger partial charge in [-0.2, -0.15) is 0 Å². The fraction of sp³-hybridized carbons (Fsp3) is 0.647. The summed E-state index contributed by atoms with van der Waals surface area (Å²) in [6.45, 7) is 13.2. The van der Waals surface area contributed by atoms with Gasteiger partial charge < -0.3 is 29.3 Å². The maximum atomic E-state index is 13.8. The SMILES string of the molecule is CCC(C[C@@H]1CNC[C@H]1CN(C(=O)c1ccc(OC)c(OCCCOC)c1)C(C)C)C(=O)N(CC)CC1=CCCC=C1. The molecule has 1 aliphatic carbocycles. The van der Waals surface area contributed by atoms with Crippen molar-refractivity contribution in [2.24, 2.45) is 17.8 Å². The smallest absolute Gasteiger partial charge is 0.254 e. The van der Waals surface area contributed by atoms with E-state index in [0.717, 1.165) is 45.2 Å². The third-order valence-electron chi connectivity index (χ3n) is 8.52. The molecule has 1 unspecified atom stereocenters. The van der Waals surface area contributed by atoms with Crippen LogP contribution in [0, 0.1) is 17.8 Å². The number of ether oxygens (including phenoxy) is 3. The van der Waals surface area contributed by atoms with Gasteiger partial charge in [0, 0.05) is 57.3 Å². The number of carbonyl (C=O) groups excluding carboxylic acids is 2. The lowest BCUT2D eigenvalue weighted by Gasteiger charge is -2.33. The Bertz CT molecular complexity index is 1070. The van der Waals surface area contributed by atoms with E-state index < -0.39 is 0 Å². The number of likely N-dealkylation sites (N-methyl/N-ethyl adjacent to an activating group) is 1. The van der Waals surface area contributed by atoms with E-state index in [0.29, 0.717) is 55.8 Å². The summed E-state index contributed by atoms with van der Waals surface area (Å²) < 4.78 is 16.5. The highest BCUT2D eigenvalue weighted by atomic mass is 16.5. The lowest BCUT2D eigenvalue weighted by Crippen LogP contribution is -2.43. The number of nitrogens with one attached hydrogen (secondary N) is 1. The van der Waals surface area contributed by atoms with Gasteiger partial charge in [-0.05, 0) is 95.2 Å². The van der Waals surface area contributed by atoms with Crippen molar-refractivity contribution in [3.05, 3.63) is 47.6 Å². The highest BCUT2D eigenvalue weighted by Crippen LogP contribution is 2.31. The molecule has 1 N–H and O–H groups in total. The van der Waals surface area contributed by atoms with Gasteiger partial charge in [-0.3, -0.25) is 9.59 Å². The molecule has 0 aromatic heterocycles. The van der Waals surface area contributed by atoms with Crippen molar-refractivity contribution in [1.29, 1.82) is 0 Å². The second-order valence-electron chi connectivity index (χ2n) is 11.7. The minimum absolute atomic E-state index is 0.0193. The van der Waals surface area contributed by atoms with Gasteiger partial charge in [-0.15, -0.1) is 0 Å². The van der Waals surface area contributed by atoms with Gasteiger partial charge in [0.15, 0.2) is 11.5 Å². The van der Waals surface area contributed by atoms with Crippen molar-refractivity contribution in [2.45, 2.75) is 65.8 Å². The minimum Gasteiger partial charge on any atom is -0.493 e. The number of hydrogen-bond donors (Lipinski definition) is 1. The summed E-state index contributed by atoms with van der Waals surface area (Å²) in [7, 11) is 3.27. The molecule has 3 atom stereocenters. The van der Waals surface area contributed by atoms with Crippen LogP contribution in [0.5, 0.6) is 11.5 Å². The van der Waals surface area contributed by atoms with Crippen LogP contribution in [-0.4, -0.2) is 87.8 Å². The lowest BCUT2D eigenvalue weighted by molar-refractivity contribution is -0.135. The number of methoxy groups -OCH3 is 2. The van der Waals surface area contributed by atoms with Gasteiger partial charge in [0.1, 0.15) is 0 Å². The molecule has 1 fully saturated rings. The Labute approximate surface area is 253 Å². The Morgan fingerprint density at radius 3 is 2.48 bits per heavy atom. The number of benzene rings is 1. The second-order valence-corrected chi connectivity index (χ2v) is 11.7. The molecule has 8 nitrogen and oxygen atoms in total. The van der Waals surface area contributed by atoms with Gasteiger partial charge in [0.25, 0.3) is 5.91 Å². The van der Waals surface area contributed by atoms with Crippen molar-refractivity contribution >= 4 is 11.8 Å². The molecule has 1 aromatic rings. The van der Waals surface area contributed by atoms with Crippen LogP contribution in [0.15, 0.2) is 42.0 Å². The molecule has 1 heterocycles. The molecule has 0 spiro atoms. The summed E-state index contributed by atoms with van der Waals surface area (Å²) in [5.74, 6) is 1.98. The van der Waals surface area contributed by atoms with E-state index in [-0.39, 0.29) is 29.7 Å². The fourth-order valence-electron chi connectivity index (χ4n) is 5.95. The maximum Gasteiger partial charge on any atom is 0.254 e. The van der Waals surface area contributed by atoms with E-state index in [4.69, 9.17) is 14.2 Å². The molecule has 2 amide bonds. The topological polar surface area (TPSA) is 80.3 Å². The standard InChI is InChI=1S/C34H53N3O5/c1-7-27(33(38)36(8-2)23-26-13-10-9-11-14-26)19-29-21-35-22-30(29)24-37(25(3)4)34(39)28-15-16-31(41-6)32(20-28)42-18-12-17-40-5/h10,13-16,20,25,27,29-30,35H,7-9,11-12,17-19,21-24H2,1-6H3/t27?,29-,30+/m1/s1. The van der Waals surface area contributed by atoms with Gasteiger partial charge in [-0.1, -0.05) is 25.2 Å². The first-order valence-electron chi connectivity index (χ1n) is 15.8. The van der Waals surface area contributed by atoms with Crippen molar-refractivity contribution in [2.75, 3.05) is 60.2 Å². The molecule has 42 heavy (non-hydrogen) atoms. The predicted octanol–water partition coefficient (Wildman–Crippen LogP) is 5.34. The molecule has 234 valence electrons. The Morgan fingerprint density at radius 2 is 1.83 bits per heavy atom. The predicted molar refractivity (Wildman–Crippen MR) is 168 cm³/mol. The average molecular weight is 584 g/mol. The number of rotatable bonds is 17. The maximum absolute atomic E-state index is 13.8. The largest absolute Gasteiger partial charge is 0.493 e. The van der Waals surface area contributed by atoms with E-state index in [1.165, 1.54) is 5.57 Å². The number of allylic oxidation sites excluding steroid dienone is 2. The summed E-state index contributed by atoms with van der Waals surface area (Å²) in [6.07, 6.45) is 11.1. The number of nitrogens with zero attached hydrogens (tertiary/aromatic N) is 2. The monoisotopic (exact) mass is 583 g/mol. The molecule has 1 aliphatic heterocycles. The molecule has 2 aliphatic rings. The van der Waals surface area contributed by atoms with Crippen LogP contribution in [0.3, 0.4) is 0 Å². The molecule has 1 saturated heterocycles. The zero-order chi connectivity index (χ0) is 30.5. The zero-order valence-electron chi connectivity index (χ0n) is 26.7. The molecule has 8 heteroatoms. The Morgan fingerprint density at radius 1 is 1.05 bits per heavy atom. The summed E-state index contributed by atoms with van der Waals surface area (Å²) in [5.41, 5.74) is 1.82. The molecule has 0 saturated carbocycles. The zero-order valence-corrected chi connectivity index (χ0v) is 26.7. The lowest BCUT2D eigenvalue weighted by atomic mass is 9.84. The van der Waals surface area contributed by atoms with Crippen LogP contribution < -0.4 is 14.8 Å². The van der Waals surface area contributed by atoms with Crippen LogP contribution in [0.4, 0.5) is 0 Å². The molecule has 0 bridgehead atoms. The van der Waals surface area contributed by atoms with Crippen LogP contribution in [0.1, 0.15) is 70.2 Å². The van der Waals surface area contributed by atoms with Gasteiger partial charge in [0.2, 0.25) is 5.91 Å². The first kappa shape index (κ1) is 33.7. The van der Waals surface area contributed by atoms with Crippen molar-refractivity contribution in [3.63, 3.8) is 0 Å². The molecule has 1 aromatic carbocycles. The van der Waals surface area contributed by atoms with Gasteiger partial charge in [-0.25, -0.2) is 0 Å². The van der Waals surface area contributed by atoms with Crippen molar-refractivity contribution in [3.8, 4) is 11.5 Å². The normalized spacial score (nSPS) is 19.0. The quantitative estimate of drug-likeness (QED) is 0.250. The van der Waals surface area contributed by atoms with Crippen LogP contribution in [0.2, 0.25) is 0 Å². The van der Waals surface area contributed by atoms with Crippen LogP contribution in [0.25, 0.3) is 0 Å². The van der Waals surface area contributed by atoms with Gasteiger partial charge in [0.05, 0.1) is 13.7 Å². The molecule has 0 radical (unpaired) electrons. The fourth-order valence-corrected chi connectivity index (χ4v) is 5.95. The average Bonchev–Trinajstić information content (AvgIpc) is 3.45. The summed E-state index contributed by atoms with van der Waals surface area (Å²) in [4.78, 5) is 31.5. The van der Waals surface area contributed by atoms with E-state index in [1.54, 1.807) is 26.4 Å². The first-order chi connectivity index (χ1) is 20.3. The molecular weight excluding hydrogens is 530 g/mol. The summed E-state index contributed by atoms with van der Waals surface area (Å²) in [6, 6.07) is 5.43. The first-order valence-corrected chi connectivity index (χ1v) is 15.8. The number of carbonyl (C=O) groups is 2. The molecular formula is C34H53N3O5. The molecule has 3 rings (SSSR count). The summed E-state index contributed by atoms with van der Waals surface area (Å²) in [5, 5.41) is 3.55. The Kier molecular flexibility index (Phi) is 13.9. The Balaban J connectivity index is 1.69. The third-order valence-corrected chi connectivity index (χ3v) is 8.52. The number of amides is 2.